The normalized spacial score (nSPS) is 15.9. The van der Waals surface area contributed by atoms with Crippen molar-refractivity contribution in [3.63, 3.8) is 0 Å². The van der Waals surface area contributed by atoms with Crippen LogP contribution in [0.25, 0.3) is 21.7 Å². The van der Waals surface area contributed by atoms with E-state index in [1.165, 1.54) is 0 Å². The lowest BCUT2D eigenvalue weighted by atomic mass is 10.0. The summed E-state index contributed by atoms with van der Waals surface area (Å²) in [5.41, 5.74) is 2.08. The van der Waals surface area contributed by atoms with E-state index < -0.39 is 0 Å². The molecule has 0 radical (unpaired) electrons. The van der Waals surface area contributed by atoms with E-state index in [0.29, 0.717) is 28.5 Å². The number of benzene rings is 1. The minimum atomic E-state index is -0.298. The molecule has 1 aromatic heterocycles. The van der Waals surface area contributed by atoms with Gasteiger partial charge in [-0.2, -0.15) is 5.10 Å². The quantitative estimate of drug-likeness (QED) is 0.737. The van der Waals surface area contributed by atoms with Crippen molar-refractivity contribution in [3.8, 4) is 0 Å². The summed E-state index contributed by atoms with van der Waals surface area (Å²) >= 11 is 0. The summed E-state index contributed by atoms with van der Waals surface area (Å²) < 4.78 is 0. The number of likely N-dealkylation sites (N-methyl/N-ethyl adjacent to an activating group) is 1. The smallest absolute Gasteiger partial charge is 0.319 e. The van der Waals surface area contributed by atoms with Crippen molar-refractivity contribution in [1.82, 2.24) is 15.3 Å². The Bertz CT molecular complexity index is 1160. The van der Waals surface area contributed by atoms with Gasteiger partial charge >= 0.3 is 6.03 Å². The van der Waals surface area contributed by atoms with Crippen LogP contribution in [-0.2, 0) is 0 Å². The highest BCUT2D eigenvalue weighted by atomic mass is 16.2. The number of urea groups is 1. The molecule has 4 rings (SSSR count). The van der Waals surface area contributed by atoms with Crippen LogP contribution in [0.1, 0.15) is 18.4 Å². The largest absolute Gasteiger partial charge is 0.338 e. The zero-order valence-corrected chi connectivity index (χ0v) is 15.8. The molecule has 28 heavy (non-hydrogen) atoms. The Kier molecular flexibility index (Phi) is 4.65. The van der Waals surface area contributed by atoms with Crippen LogP contribution in [0.5, 0.6) is 0 Å². The third-order valence-electron chi connectivity index (χ3n) is 4.83. The SMILES string of the molecule is CCNC(=O)Nc1ccc2ccc3ncc(C4C=NN(C)C4)cc3c(=O)c2c1. The first-order valence-electron chi connectivity index (χ1n) is 9.22. The van der Waals surface area contributed by atoms with Gasteiger partial charge in [0, 0.05) is 54.9 Å². The van der Waals surface area contributed by atoms with Gasteiger partial charge in [-0.25, -0.2) is 4.79 Å². The van der Waals surface area contributed by atoms with Crippen LogP contribution >= 0.6 is 0 Å². The molecule has 0 saturated carbocycles. The second-order valence-corrected chi connectivity index (χ2v) is 6.86. The van der Waals surface area contributed by atoms with E-state index in [1.807, 2.05) is 55.7 Å². The molecule has 1 atom stereocenters. The fraction of sp³-hybridized carbons (Fsp3) is 0.238. The molecule has 3 aromatic rings. The molecule has 2 heterocycles. The first-order valence-corrected chi connectivity index (χ1v) is 9.22. The van der Waals surface area contributed by atoms with Gasteiger partial charge in [-0.3, -0.25) is 14.8 Å². The minimum Gasteiger partial charge on any atom is -0.338 e. The second kappa shape index (κ2) is 7.26. The predicted octanol–water partition coefficient (Wildman–Crippen LogP) is 2.90. The van der Waals surface area contributed by atoms with Gasteiger partial charge < -0.3 is 10.6 Å². The van der Waals surface area contributed by atoms with E-state index in [4.69, 9.17) is 0 Å². The standard InChI is InChI=1S/C21H21N5O2/c1-3-22-21(28)25-16-6-4-13-5-7-19-18(20(27)17(13)9-16)8-14(10-23-19)15-11-24-26(2)12-15/h4-11,15H,3,12H2,1-2H3,(H2,22,25,28). The number of hydrogen-bond acceptors (Lipinski definition) is 5. The predicted molar refractivity (Wildman–Crippen MR) is 112 cm³/mol. The Morgan fingerprint density at radius 3 is 2.79 bits per heavy atom. The Labute approximate surface area is 162 Å². The van der Waals surface area contributed by atoms with Crippen LogP contribution in [0.2, 0.25) is 0 Å². The summed E-state index contributed by atoms with van der Waals surface area (Å²) in [6.07, 6.45) is 3.69. The average Bonchev–Trinajstić information content (AvgIpc) is 3.07. The number of anilines is 1. The molecule has 1 unspecified atom stereocenters. The zero-order valence-electron chi connectivity index (χ0n) is 15.8. The van der Waals surface area contributed by atoms with Crippen LogP contribution in [0.3, 0.4) is 0 Å². The maximum absolute atomic E-state index is 13.3. The molecule has 2 N–H and O–H groups in total. The molecule has 0 aliphatic carbocycles. The maximum atomic E-state index is 13.3. The number of fused-ring (bicyclic) bond motifs is 2. The number of carbonyl (C=O) groups excluding carboxylic acids is 1. The van der Waals surface area contributed by atoms with Gasteiger partial charge in [0.2, 0.25) is 0 Å². The van der Waals surface area contributed by atoms with E-state index in [2.05, 4.69) is 20.7 Å². The van der Waals surface area contributed by atoms with Crippen molar-refractivity contribution < 1.29 is 4.79 Å². The van der Waals surface area contributed by atoms with Gasteiger partial charge in [-0.05, 0) is 42.1 Å². The number of aromatic nitrogens is 1. The Balaban J connectivity index is 1.83. The Morgan fingerprint density at radius 1 is 1.21 bits per heavy atom. The van der Waals surface area contributed by atoms with Crippen LogP contribution in [-0.4, -0.2) is 42.4 Å². The molecule has 142 valence electrons. The molecule has 0 fully saturated rings. The fourth-order valence-electron chi connectivity index (χ4n) is 3.40. The third-order valence-corrected chi connectivity index (χ3v) is 4.83. The van der Waals surface area contributed by atoms with Gasteiger partial charge in [-0.1, -0.05) is 12.1 Å². The molecular weight excluding hydrogens is 354 g/mol. The van der Waals surface area contributed by atoms with Crippen molar-refractivity contribution in [2.45, 2.75) is 12.8 Å². The van der Waals surface area contributed by atoms with Crippen LogP contribution in [0, 0.1) is 0 Å². The van der Waals surface area contributed by atoms with Gasteiger partial charge in [0.25, 0.3) is 0 Å². The molecule has 1 aliphatic rings. The minimum absolute atomic E-state index is 0.104. The summed E-state index contributed by atoms with van der Waals surface area (Å²) in [4.78, 5) is 29.6. The number of hydrazone groups is 1. The first kappa shape index (κ1) is 17.9. The van der Waals surface area contributed by atoms with Crippen molar-refractivity contribution in [1.29, 1.82) is 0 Å². The summed E-state index contributed by atoms with van der Waals surface area (Å²) in [6.45, 7) is 3.14. The topological polar surface area (TPSA) is 86.7 Å². The summed E-state index contributed by atoms with van der Waals surface area (Å²) in [5, 5.41) is 13.5. The van der Waals surface area contributed by atoms with Crippen molar-refractivity contribution >= 4 is 39.6 Å². The molecule has 2 aromatic carbocycles. The lowest BCUT2D eigenvalue weighted by Gasteiger charge is -2.10. The van der Waals surface area contributed by atoms with E-state index in [9.17, 15) is 9.59 Å². The van der Waals surface area contributed by atoms with Gasteiger partial charge in [0.1, 0.15) is 0 Å². The monoisotopic (exact) mass is 375 g/mol. The molecule has 7 heteroatoms. The number of pyridine rings is 1. The second-order valence-electron chi connectivity index (χ2n) is 6.86. The molecule has 7 nitrogen and oxygen atoms in total. The fourth-order valence-corrected chi connectivity index (χ4v) is 3.40. The number of rotatable bonds is 3. The number of amides is 2. The number of nitrogens with one attached hydrogen (secondary N) is 2. The van der Waals surface area contributed by atoms with E-state index in [1.54, 1.807) is 12.1 Å². The Morgan fingerprint density at radius 2 is 2.04 bits per heavy atom. The number of carbonyl (C=O) groups is 1. The van der Waals surface area contributed by atoms with E-state index >= 15 is 0 Å². The Hall–Kier alpha value is -3.48. The highest BCUT2D eigenvalue weighted by Gasteiger charge is 2.18. The zero-order chi connectivity index (χ0) is 19.7. The summed E-state index contributed by atoms with van der Waals surface area (Å²) in [7, 11) is 1.92. The van der Waals surface area contributed by atoms with Crippen molar-refractivity contribution in [2.24, 2.45) is 5.10 Å². The van der Waals surface area contributed by atoms with Gasteiger partial charge in [-0.15, -0.1) is 0 Å². The van der Waals surface area contributed by atoms with Crippen LogP contribution in [0.4, 0.5) is 10.5 Å². The molecule has 0 bridgehead atoms. The molecule has 2 amide bonds. The van der Waals surface area contributed by atoms with Crippen molar-refractivity contribution in [3.05, 3.63) is 58.4 Å². The molecule has 0 spiro atoms. The summed E-state index contributed by atoms with van der Waals surface area (Å²) in [5.74, 6) is 0.119. The number of nitrogens with zero attached hydrogens (tertiary/aromatic N) is 3. The highest BCUT2D eigenvalue weighted by molar-refractivity contribution is 5.96. The van der Waals surface area contributed by atoms with Crippen LogP contribution < -0.4 is 16.1 Å². The average molecular weight is 375 g/mol. The summed E-state index contributed by atoms with van der Waals surface area (Å²) in [6, 6.07) is 10.7. The number of hydrogen-bond donors (Lipinski definition) is 2. The van der Waals surface area contributed by atoms with Gasteiger partial charge in [0.15, 0.2) is 5.43 Å². The highest BCUT2D eigenvalue weighted by Crippen LogP contribution is 2.23. The van der Waals surface area contributed by atoms with E-state index in [-0.39, 0.29) is 17.4 Å². The molecule has 0 saturated heterocycles. The molecule has 1 aliphatic heterocycles. The molecular formula is C21H21N5O2. The first-order chi connectivity index (χ1) is 13.5. The van der Waals surface area contributed by atoms with Crippen molar-refractivity contribution in [2.75, 3.05) is 25.5 Å². The maximum Gasteiger partial charge on any atom is 0.319 e. The lowest BCUT2D eigenvalue weighted by Crippen LogP contribution is -2.28. The van der Waals surface area contributed by atoms with Gasteiger partial charge in [0.05, 0.1) is 5.52 Å². The third kappa shape index (κ3) is 3.38. The van der Waals surface area contributed by atoms with Crippen LogP contribution in [0.15, 0.2) is 52.5 Å². The van der Waals surface area contributed by atoms with E-state index in [0.717, 1.165) is 17.5 Å². The lowest BCUT2D eigenvalue weighted by molar-refractivity contribution is 0.252.